The van der Waals surface area contributed by atoms with Gasteiger partial charge in [-0.25, -0.2) is 0 Å². The van der Waals surface area contributed by atoms with E-state index in [-0.39, 0.29) is 0 Å². The number of ether oxygens (including phenoxy) is 4. The van der Waals surface area contributed by atoms with E-state index in [4.69, 9.17) is 24.2 Å². The van der Waals surface area contributed by atoms with Gasteiger partial charge in [0.2, 0.25) is 0 Å². The van der Waals surface area contributed by atoms with Crippen LogP contribution in [0.3, 0.4) is 0 Å². The molecule has 0 aromatic heterocycles. The lowest BCUT2D eigenvalue weighted by molar-refractivity contribution is 0.0179. The van der Waals surface area contributed by atoms with Crippen molar-refractivity contribution in [2.45, 2.75) is 0 Å². The van der Waals surface area contributed by atoms with E-state index < -0.39 is 0 Å². The summed E-state index contributed by atoms with van der Waals surface area (Å²) in [5.74, 6) is 0.704. The summed E-state index contributed by atoms with van der Waals surface area (Å²) in [6.45, 7) is 3.20. The Hall–Kier alpha value is -1.13. The van der Waals surface area contributed by atoms with E-state index in [1.807, 2.05) is 0 Å². The number of hydrogen-bond acceptors (Lipinski definition) is 5. The molecule has 0 atom stereocenters. The molecular weight excluding hydrogens is 326 g/mol. The second-order valence-corrected chi connectivity index (χ2v) is 4.67. The van der Waals surface area contributed by atoms with Crippen LogP contribution in [0.1, 0.15) is 5.56 Å². The van der Waals surface area contributed by atoms with Crippen molar-refractivity contribution in [1.29, 1.82) is 5.26 Å². The van der Waals surface area contributed by atoms with E-state index in [1.54, 1.807) is 25.3 Å². The molecule has 0 aliphatic heterocycles. The van der Waals surface area contributed by atoms with Gasteiger partial charge in [0.25, 0.3) is 0 Å². The van der Waals surface area contributed by atoms with E-state index in [0.717, 1.165) is 4.47 Å². The number of rotatable bonds is 10. The molecule has 0 spiro atoms. The summed E-state index contributed by atoms with van der Waals surface area (Å²) < 4.78 is 21.7. The van der Waals surface area contributed by atoms with E-state index in [0.29, 0.717) is 51.0 Å². The standard InChI is InChI=1S/C14H18BrNO4/c1-17-4-5-18-6-7-19-8-9-20-13-3-2-12(11-16)14(15)10-13/h2-3,10H,4-9H2,1H3. The summed E-state index contributed by atoms with van der Waals surface area (Å²) in [4.78, 5) is 0. The molecule has 5 nitrogen and oxygen atoms in total. The van der Waals surface area contributed by atoms with Crippen molar-refractivity contribution in [2.75, 3.05) is 46.8 Å². The molecule has 1 aromatic carbocycles. The fourth-order valence-electron chi connectivity index (χ4n) is 1.36. The number of hydrogen-bond donors (Lipinski definition) is 0. The van der Waals surface area contributed by atoms with Crippen LogP contribution >= 0.6 is 15.9 Å². The molecule has 0 radical (unpaired) electrons. The van der Waals surface area contributed by atoms with Crippen molar-refractivity contribution in [3.05, 3.63) is 28.2 Å². The number of methoxy groups -OCH3 is 1. The molecule has 0 heterocycles. The van der Waals surface area contributed by atoms with Gasteiger partial charge in [-0.1, -0.05) is 0 Å². The predicted molar refractivity (Wildman–Crippen MR) is 77.9 cm³/mol. The van der Waals surface area contributed by atoms with Crippen LogP contribution in [0, 0.1) is 11.3 Å². The van der Waals surface area contributed by atoms with E-state index in [9.17, 15) is 0 Å². The first kappa shape index (κ1) is 16.9. The summed E-state index contributed by atoms with van der Waals surface area (Å²) >= 11 is 3.31. The van der Waals surface area contributed by atoms with Crippen molar-refractivity contribution in [2.24, 2.45) is 0 Å². The fourth-order valence-corrected chi connectivity index (χ4v) is 1.81. The minimum Gasteiger partial charge on any atom is -0.491 e. The molecule has 1 rings (SSSR count). The molecule has 0 N–H and O–H groups in total. The van der Waals surface area contributed by atoms with Gasteiger partial charge in [0.15, 0.2) is 0 Å². The smallest absolute Gasteiger partial charge is 0.120 e. The van der Waals surface area contributed by atoms with Gasteiger partial charge in [0.05, 0.1) is 38.6 Å². The highest BCUT2D eigenvalue weighted by molar-refractivity contribution is 9.10. The zero-order valence-corrected chi connectivity index (χ0v) is 13.0. The van der Waals surface area contributed by atoms with Crippen molar-refractivity contribution < 1.29 is 18.9 Å². The molecule has 20 heavy (non-hydrogen) atoms. The summed E-state index contributed by atoms with van der Waals surface area (Å²) in [7, 11) is 1.64. The van der Waals surface area contributed by atoms with Crippen molar-refractivity contribution in [3.8, 4) is 11.8 Å². The quantitative estimate of drug-likeness (QED) is 0.610. The Kier molecular flexibility index (Phi) is 9.00. The SMILES string of the molecule is COCCOCCOCCOc1ccc(C#N)c(Br)c1. The van der Waals surface area contributed by atoms with Crippen LogP contribution in [0.5, 0.6) is 5.75 Å². The molecule has 0 aliphatic carbocycles. The van der Waals surface area contributed by atoms with Gasteiger partial charge < -0.3 is 18.9 Å². The van der Waals surface area contributed by atoms with Crippen LogP contribution in [0.25, 0.3) is 0 Å². The van der Waals surface area contributed by atoms with Crippen LogP contribution in [-0.2, 0) is 14.2 Å². The summed E-state index contributed by atoms with van der Waals surface area (Å²) in [6.07, 6.45) is 0. The first-order valence-electron chi connectivity index (χ1n) is 6.25. The molecule has 0 unspecified atom stereocenters. The molecule has 0 amide bonds. The van der Waals surface area contributed by atoms with Crippen molar-refractivity contribution in [3.63, 3.8) is 0 Å². The number of nitriles is 1. The largest absolute Gasteiger partial charge is 0.491 e. The molecule has 110 valence electrons. The summed E-state index contributed by atoms with van der Waals surface area (Å²) in [5.41, 5.74) is 0.585. The monoisotopic (exact) mass is 343 g/mol. The van der Waals surface area contributed by atoms with Gasteiger partial charge >= 0.3 is 0 Å². The van der Waals surface area contributed by atoms with E-state index >= 15 is 0 Å². The first-order chi connectivity index (χ1) is 9.77. The molecule has 0 saturated carbocycles. The van der Waals surface area contributed by atoms with Crippen LogP contribution in [-0.4, -0.2) is 46.8 Å². The third-order valence-electron chi connectivity index (χ3n) is 2.36. The van der Waals surface area contributed by atoms with Gasteiger partial charge in [-0.05, 0) is 34.1 Å². The predicted octanol–water partition coefficient (Wildman–Crippen LogP) is 2.38. The fraction of sp³-hybridized carbons (Fsp3) is 0.500. The van der Waals surface area contributed by atoms with Gasteiger partial charge in [-0.2, -0.15) is 5.26 Å². The Morgan fingerprint density at radius 2 is 1.70 bits per heavy atom. The average Bonchev–Trinajstić information content (AvgIpc) is 2.46. The Balaban J connectivity index is 2.07. The zero-order valence-electron chi connectivity index (χ0n) is 11.4. The van der Waals surface area contributed by atoms with Gasteiger partial charge in [-0.15, -0.1) is 0 Å². The van der Waals surface area contributed by atoms with Gasteiger partial charge in [0.1, 0.15) is 18.4 Å². The Bertz CT molecular complexity index is 434. The molecule has 0 aliphatic rings. The molecule has 6 heteroatoms. The lowest BCUT2D eigenvalue weighted by Crippen LogP contribution is -2.12. The minimum absolute atomic E-state index is 0.455. The molecule has 0 fully saturated rings. The third-order valence-corrected chi connectivity index (χ3v) is 3.02. The molecule has 0 saturated heterocycles. The number of halogens is 1. The van der Waals surface area contributed by atoms with Gasteiger partial charge in [0, 0.05) is 11.6 Å². The molecular formula is C14H18BrNO4. The van der Waals surface area contributed by atoms with Crippen LogP contribution < -0.4 is 4.74 Å². The lowest BCUT2D eigenvalue weighted by atomic mass is 10.2. The normalized spacial score (nSPS) is 10.2. The van der Waals surface area contributed by atoms with E-state index in [2.05, 4.69) is 22.0 Å². The highest BCUT2D eigenvalue weighted by atomic mass is 79.9. The number of benzene rings is 1. The molecule has 0 bridgehead atoms. The summed E-state index contributed by atoms with van der Waals surface area (Å²) in [6, 6.07) is 7.32. The van der Waals surface area contributed by atoms with E-state index in [1.165, 1.54) is 0 Å². The number of nitrogens with zero attached hydrogens (tertiary/aromatic N) is 1. The minimum atomic E-state index is 0.455. The maximum Gasteiger partial charge on any atom is 0.120 e. The Morgan fingerprint density at radius 3 is 2.30 bits per heavy atom. The van der Waals surface area contributed by atoms with Crippen LogP contribution in [0.15, 0.2) is 22.7 Å². The average molecular weight is 344 g/mol. The highest BCUT2D eigenvalue weighted by Crippen LogP contribution is 2.22. The van der Waals surface area contributed by atoms with Crippen molar-refractivity contribution >= 4 is 15.9 Å². The molecule has 1 aromatic rings. The maximum atomic E-state index is 8.80. The topological polar surface area (TPSA) is 60.7 Å². The Morgan fingerprint density at radius 1 is 1.05 bits per heavy atom. The van der Waals surface area contributed by atoms with Crippen molar-refractivity contribution in [1.82, 2.24) is 0 Å². The van der Waals surface area contributed by atoms with Crippen LogP contribution in [0.2, 0.25) is 0 Å². The second-order valence-electron chi connectivity index (χ2n) is 3.82. The van der Waals surface area contributed by atoms with Crippen LogP contribution in [0.4, 0.5) is 0 Å². The second kappa shape index (κ2) is 10.6. The first-order valence-corrected chi connectivity index (χ1v) is 7.04. The highest BCUT2D eigenvalue weighted by Gasteiger charge is 2.01. The summed E-state index contributed by atoms with van der Waals surface area (Å²) in [5, 5.41) is 8.80. The zero-order chi connectivity index (χ0) is 14.6. The van der Waals surface area contributed by atoms with Gasteiger partial charge in [-0.3, -0.25) is 0 Å². The Labute approximate surface area is 127 Å². The third kappa shape index (κ3) is 6.87. The lowest BCUT2D eigenvalue weighted by Gasteiger charge is -2.08. The maximum absolute atomic E-state index is 8.80.